The zero-order valence-electron chi connectivity index (χ0n) is 14.5. The first-order chi connectivity index (χ1) is 10.7. The van der Waals surface area contributed by atoms with E-state index in [-0.39, 0.29) is 24.0 Å². The molecule has 0 spiro atoms. The third kappa shape index (κ3) is 7.42. The molecule has 0 amide bonds. The molecule has 0 aromatic heterocycles. The Bertz CT molecular complexity index is 501. The van der Waals surface area contributed by atoms with E-state index in [4.69, 9.17) is 4.74 Å². The molecule has 2 rings (SSSR count). The molecule has 1 aromatic rings. The Morgan fingerprint density at radius 2 is 2.09 bits per heavy atom. The van der Waals surface area contributed by atoms with Crippen LogP contribution in [0.15, 0.2) is 23.2 Å². The van der Waals surface area contributed by atoms with E-state index in [1.807, 2.05) is 14.0 Å². The molecule has 1 aromatic carbocycles. The van der Waals surface area contributed by atoms with E-state index in [2.05, 4.69) is 40.7 Å². The SMILES string of the molecule is CCOc1cc(C)ccc1CNC(=NC)NCCCC1CC1.I. The lowest BCUT2D eigenvalue weighted by Gasteiger charge is -2.15. The molecular formula is C18H30IN3O. The molecule has 0 heterocycles. The Labute approximate surface area is 157 Å². The number of hydrogen-bond acceptors (Lipinski definition) is 2. The fourth-order valence-corrected chi connectivity index (χ4v) is 2.50. The molecule has 1 aliphatic carbocycles. The fourth-order valence-electron chi connectivity index (χ4n) is 2.50. The molecule has 0 unspecified atom stereocenters. The molecule has 4 nitrogen and oxygen atoms in total. The van der Waals surface area contributed by atoms with Crippen LogP contribution in [0, 0.1) is 12.8 Å². The molecule has 1 saturated carbocycles. The van der Waals surface area contributed by atoms with Crippen molar-refractivity contribution in [2.75, 3.05) is 20.2 Å². The average Bonchev–Trinajstić information content (AvgIpc) is 3.33. The number of rotatable bonds is 8. The number of nitrogens with zero attached hydrogens (tertiary/aromatic N) is 1. The number of nitrogens with one attached hydrogen (secondary N) is 2. The number of benzene rings is 1. The number of ether oxygens (including phenoxy) is 1. The van der Waals surface area contributed by atoms with E-state index in [0.717, 1.165) is 36.3 Å². The summed E-state index contributed by atoms with van der Waals surface area (Å²) in [6.07, 6.45) is 5.43. The van der Waals surface area contributed by atoms with Crippen molar-refractivity contribution < 1.29 is 4.74 Å². The van der Waals surface area contributed by atoms with Crippen molar-refractivity contribution in [2.24, 2.45) is 10.9 Å². The maximum atomic E-state index is 5.72. The minimum atomic E-state index is 0. The summed E-state index contributed by atoms with van der Waals surface area (Å²) in [6.45, 7) is 6.49. The van der Waals surface area contributed by atoms with Gasteiger partial charge >= 0.3 is 0 Å². The molecule has 5 heteroatoms. The van der Waals surface area contributed by atoms with E-state index in [9.17, 15) is 0 Å². The Balaban J connectivity index is 0.00000264. The second-order valence-electron chi connectivity index (χ2n) is 5.98. The van der Waals surface area contributed by atoms with Gasteiger partial charge in [-0.25, -0.2) is 0 Å². The van der Waals surface area contributed by atoms with Crippen molar-refractivity contribution in [3.05, 3.63) is 29.3 Å². The third-order valence-corrected chi connectivity index (χ3v) is 3.97. The van der Waals surface area contributed by atoms with Gasteiger partial charge in [-0.1, -0.05) is 25.0 Å². The lowest BCUT2D eigenvalue weighted by molar-refractivity contribution is 0.336. The molecular weight excluding hydrogens is 401 g/mol. The molecule has 0 saturated heterocycles. The van der Waals surface area contributed by atoms with Crippen LogP contribution in [0.25, 0.3) is 0 Å². The van der Waals surface area contributed by atoms with Gasteiger partial charge in [-0.2, -0.15) is 0 Å². The largest absolute Gasteiger partial charge is 0.494 e. The van der Waals surface area contributed by atoms with Gasteiger partial charge in [-0.05, 0) is 44.2 Å². The van der Waals surface area contributed by atoms with Crippen LogP contribution in [0.3, 0.4) is 0 Å². The highest BCUT2D eigenvalue weighted by molar-refractivity contribution is 14.0. The quantitative estimate of drug-likeness (QED) is 0.284. The van der Waals surface area contributed by atoms with Gasteiger partial charge in [0.2, 0.25) is 0 Å². The molecule has 23 heavy (non-hydrogen) atoms. The second kappa shape index (κ2) is 10.7. The maximum Gasteiger partial charge on any atom is 0.191 e. The molecule has 0 aliphatic heterocycles. The van der Waals surface area contributed by atoms with E-state index in [1.165, 1.54) is 31.2 Å². The van der Waals surface area contributed by atoms with Gasteiger partial charge in [0.15, 0.2) is 5.96 Å². The minimum absolute atomic E-state index is 0. The summed E-state index contributed by atoms with van der Waals surface area (Å²) >= 11 is 0. The fraction of sp³-hybridized carbons (Fsp3) is 0.611. The van der Waals surface area contributed by atoms with E-state index >= 15 is 0 Å². The van der Waals surface area contributed by atoms with Gasteiger partial charge < -0.3 is 15.4 Å². The predicted octanol–water partition coefficient (Wildman–Crippen LogP) is 3.87. The predicted molar refractivity (Wildman–Crippen MR) is 108 cm³/mol. The molecule has 1 fully saturated rings. The van der Waals surface area contributed by atoms with Crippen LogP contribution in [0.1, 0.15) is 43.7 Å². The van der Waals surface area contributed by atoms with Gasteiger partial charge in [-0.3, -0.25) is 4.99 Å². The van der Waals surface area contributed by atoms with E-state index in [1.54, 1.807) is 0 Å². The summed E-state index contributed by atoms with van der Waals surface area (Å²) in [5.41, 5.74) is 2.38. The highest BCUT2D eigenvalue weighted by Gasteiger charge is 2.19. The molecule has 130 valence electrons. The van der Waals surface area contributed by atoms with Gasteiger partial charge in [-0.15, -0.1) is 24.0 Å². The third-order valence-electron chi connectivity index (χ3n) is 3.97. The summed E-state index contributed by atoms with van der Waals surface area (Å²) in [5, 5.41) is 6.75. The van der Waals surface area contributed by atoms with Gasteiger partial charge in [0.05, 0.1) is 6.61 Å². The normalized spacial score (nSPS) is 14.1. The number of guanidine groups is 1. The summed E-state index contributed by atoms with van der Waals surface area (Å²) < 4.78 is 5.72. The summed E-state index contributed by atoms with van der Waals surface area (Å²) in [6, 6.07) is 6.32. The lowest BCUT2D eigenvalue weighted by atomic mass is 10.1. The van der Waals surface area contributed by atoms with Crippen molar-refractivity contribution in [3.8, 4) is 5.75 Å². The zero-order chi connectivity index (χ0) is 15.8. The van der Waals surface area contributed by atoms with Crippen LogP contribution in [0.2, 0.25) is 0 Å². The van der Waals surface area contributed by atoms with E-state index < -0.39 is 0 Å². The van der Waals surface area contributed by atoms with Crippen LogP contribution in [0.4, 0.5) is 0 Å². The van der Waals surface area contributed by atoms with Crippen molar-refractivity contribution in [3.63, 3.8) is 0 Å². The Hall–Kier alpha value is -0.980. The standard InChI is InChI=1S/C18H29N3O.HI/c1-4-22-17-12-14(2)7-10-16(17)13-21-18(19-3)20-11-5-6-15-8-9-15;/h7,10,12,15H,4-6,8-9,11,13H2,1-3H3,(H2,19,20,21);1H. The van der Waals surface area contributed by atoms with Crippen molar-refractivity contribution >= 4 is 29.9 Å². The molecule has 1 aliphatic rings. The van der Waals surface area contributed by atoms with Gasteiger partial charge in [0, 0.05) is 25.7 Å². The summed E-state index contributed by atoms with van der Waals surface area (Å²) in [7, 11) is 1.81. The Morgan fingerprint density at radius 3 is 2.74 bits per heavy atom. The second-order valence-corrected chi connectivity index (χ2v) is 5.98. The first-order valence-electron chi connectivity index (χ1n) is 8.39. The minimum Gasteiger partial charge on any atom is -0.494 e. The summed E-state index contributed by atoms with van der Waals surface area (Å²) in [5.74, 6) is 2.82. The lowest BCUT2D eigenvalue weighted by Crippen LogP contribution is -2.37. The van der Waals surface area contributed by atoms with E-state index in [0.29, 0.717) is 6.61 Å². The van der Waals surface area contributed by atoms with Crippen molar-refractivity contribution in [1.82, 2.24) is 10.6 Å². The number of halogens is 1. The first kappa shape index (κ1) is 20.1. The monoisotopic (exact) mass is 431 g/mol. The topological polar surface area (TPSA) is 45.6 Å². The summed E-state index contributed by atoms with van der Waals surface area (Å²) in [4.78, 5) is 4.28. The first-order valence-corrected chi connectivity index (χ1v) is 8.39. The van der Waals surface area contributed by atoms with Crippen LogP contribution < -0.4 is 15.4 Å². The van der Waals surface area contributed by atoms with Crippen LogP contribution in [-0.2, 0) is 6.54 Å². The smallest absolute Gasteiger partial charge is 0.191 e. The highest BCUT2D eigenvalue weighted by Crippen LogP contribution is 2.33. The Morgan fingerprint density at radius 1 is 1.30 bits per heavy atom. The number of aliphatic imine (C=N–C) groups is 1. The van der Waals surface area contributed by atoms with Crippen molar-refractivity contribution in [1.29, 1.82) is 0 Å². The maximum absolute atomic E-state index is 5.72. The van der Waals surface area contributed by atoms with Crippen LogP contribution >= 0.6 is 24.0 Å². The van der Waals surface area contributed by atoms with Crippen LogP contribution in [0.5, 0.6) is 5.75 Å². The van der Waals surface area contributed by atoms with Gasteiger partial charge in [0.1, 0.15) is 5.75 Å². The van der Waals surface area contributed by atoms with Gasteiger partial charge in [0.25, 0.3) is 0 Å². The zero-order valence-corrected chi connectivity index (χ0v) is 16.9. The molecule has 0 bridgehead atoms. The molecule has 0 atom stereocenters. The highest BCUT2D eigenvalue weighted by atomic mass is 127. The number of aryl methyl sites for hydroxylation is 1. The molecule has 2 N–H and O–H groups in total. The Kier molecular flexibility index (Phi) is 9.36. The molecule has 0 radical (unpaired) electrons. The number of hydrogen-bond donors (Lipinski definition) is 2. The van der Waals surface area contributed by atoms with Crippen LogP contribution in [-0.4, -0.2) is 26.2 Å². The van der Waals surface area contributed by atoms with Crippen molar-refractivity contribution in [2.45, 2.75) is 46.1 Å². The average molecular weight is 431 g/mol.